The summed E-state index contributed by atoms with van der Waals surface area (Å²) in [6, 6.07) is 16.2. The molecule has 0 fully saturated rings. The second-order valence-electron chi connectivity index (χ2n) is 6.25. The second-order valence-corrected chi connectivity index (χ2v) is 6.25. The van der Waals surface area contributed by atoms with E-state index in [2.05, 4.69) is 35.4 Å². The van der Waals surface area contributed by atoms with Crippen LogP contribution in [-0.2, 0) is 0 Å². The summed E-state index contributed by atoms with van der Waals surface area (Å²) in [5.74, 6) is 1.71. The molecule has 1 heterocycles. The highest BCUT2D eigenvalue weighted by Gasteiger charge is 2.18. The van der Waals surface area contributed by atoms with E-state index < -0.39 is 0 Å². The van der Waals surface area contributed by atoms with Crippen molar-refractivity contribution in [2.45, 2.75) is 13.0 Å². The summed E-state index contributed by atoms with van der Waals surface area (Å²) >= 11 is 0. The first kappa shape index (κ1) is 17.2. The van der Waals surface area contributed by atoms with Crippen LogP contribution in [0, 0.1) is 6.92 Å². The third-order valence-corrected chi connectivity index (χ3v) is 4.33. The Bertz CT molecular complexity index is 863. The second kappa shape index (κ2) is 7.49. The van der Waals surface area contributed by atoms with E-state index in [-0.39, 0.29) is 6.04 Å². The standard InChI is InChI=1S/C20H24N4O/c1-14-20(23-17-11-7-6-10-16(17)22-14)21-13-18(24(2)3)15-9-5-8-12-19(15)25-4/h5-12,18H,13H2,1-4H3,(H,21,23). The Morgan fingerprint density at radius 2 is 1.64 bits per heavy atom. The third-order valence-electron chi connectivity index (χ3n) is 4.33. The number of para-hydroxylation sites is 3. The van der Waals surface area contributed by atoms with Crippen LogP contribution < -0.4 is 10.1 Å². The number of aromatic nitrogens is 2. The van der Waals surface area contributed by atoms with Crippen LogP contribution in [0.1, 0.15) is 17.3 Å². The van der Waals surface area contributed by atoms with E-state index in [0.717, 1.165) is 33.9 Å². The van der Waals surface area contributed by atoms with Gasteiger partial charge >= 0.3 is 0 Å². The Morgan fingerprint density at radius 3 is 2.32 bits per heavy atom. The lowest BCUT2D eigenvalue weighted by atomic mass is 10.0. The minimum absolute atomic E-state index is 0.156. The van der Waals surface area contributed by atoms with E-state index in [1.54, 1.807) is 7.11 Å². The van der Waals surface area contributed by atoms with Crippen LogP contribution in [0.25, 0.3) is 11.0 Å². The Labute approximate surface area is 148 Å². The van der Waals surface area contributed by atoms with Crippen molar-refractivity contribution in [2.75, 3.05) is 33.1 Å². The summed E-state index contributed by atoms with van der Waals surface area (Å²) in [7, 11) is 5.84. The number of ether oxygens (including phenoxy) is 1. The van der Waals surface area contributed by atoms with Gasteiger partial charge in [0.1, 0.15) is 11.6 Å². The summed E-state index contributed by atoms with van der Waals surface area (Å²) in [6.07, 6.45) is 0. The zero-order valence-corrected chi connectivity index (χ0v) is 15.2. The minimum atomic E-state index is 0.156. The van der Waals surface area contributed by atoms with Gasteiger partial charge in [-0.15, -0.1) is 0 Å². The summed E-state index contributed by atoms with van der Waals surface area (Å²) in [4.78, 5) is 11.5. The molecule has 1 unspecified atom stereocenters. The van der Waals surface area contributed by atoms with Gasteiger partial charge in [0.2, 0.25) is 0 Å². The van der Waals surface area contributed by atoms with Gasteiger partial charge in [-0.3, -0.25) is 0 Å². The van der Waals surface area contributed by atoms with Gasteiger partial charge < -0.3 is 15.0 Å². The number of anilines is 1. The third kappa shape index (κ3) is 3.72. The van der Waals surface area contributed by atoms with Gasteiger partial charge in [0.05, 0.1) is 29.9 Å². The number of methoxy groups -OCH3 is 1. The van der Waals surface area contributed by atoms with Crippen molar-refractivity contribution in [2.24, 2.45) is 0 Å². The highest BCUT2D eigenvalue weighted by Crippen LogP contribution is 2.28. The predicted octanol–water partition coefficient (Wildman–Crippen LogP) is 3.66. The minimum Gasteiger partial charge on any atom is -0.496 e. The molecule has 5 nitrogen and oxygen atoms in total. The number of hydrogen-bond donors (Lipinski definition) is 1. The van der Waals surface area contributed by atoms with Gasteiger partial charge in [0.15, 0.2) is 0 Å². The molecular formula is C20H24N4O. The smallest absolute Gasteiger partial charge is 0.148 e. The summed E-state index contributed by atoms with van der Waals surface area (Å²) in [5.41, 5.74) is 3.86. The number of rotatable bonds is 6. The molecule has 1 atom stereocenters. The monoisotopic (exact) mass is 336 g/mol. The lowest BCUT2D eigenvalue weighted by molar-refractivity contribution is 0.300. The van der Waals surface area contributed by atoms with Gasteiger partial charge in [-0.05, 0) is 39.2 Å². The molecule has 0 aliphatic heterocycles. The van der Waals surface area contributed by atoms with Crippen LogP contribution in [0.15, 0.2) is 48.5 Å². The molecule has 0 aliphatic rings. The molecular weight excluding hydrogens is 312 g/mol. The maximum absolute atomic E-state index is 5.53. The average molecular weight is 336 g/mol. The van der Waals surface area contributed by atoms with Crippen LogP contribution in [0.5, 0.6) is 5.75 Å². The SMILES string of the molecule is COc1ccccc1C(CNc1nc2ccccc2nc1C)N(C)C. The van der Waals surface area contributed by atoms with E-state index in [1.807, 2.05) is 49.4 Å². The number of nitrogens with zero attached hydrogens (tertiary/aromatic N) is 3. The zero-order valence-electron chi connectivity index (χ0n) is 15.2. The Morgan fingerprint density at radius 1 is 1.00 bits per heavy atom. The maximum Gasteiger partial charge on any atom is 0.148 e. The van der Waals surface area contributed by atoms with E-state index in [0.29, 0.717) is 6.54 Å². The topological polar surface area (TPSA) is 50.3 Å². The van der Waals surface area contributed by atoms with E-state index in [1.165, 1.54) is 0 Å². The van der Waals surface area contributed by atoms with Crippen LogP contribution in [0.2, 0.25) is 0 Å². The molecule has 2 aromatic carbocycles. The number of nitrogens with one attached hydrogen (secondary N) is 1. The van der Waals surface area contributed by atoms with Crippen molar-refractivity contribution in [1.82, 2.24) is 14.9 Å². The molecule has 0 spiro atoms. The van der Waals surface area contributed by atoms with Crippen LogP contribution in [0.4, 0.5) is 5.82 Å². The first-order valence-corrected chi connectivity index (χ1v) is 8.36. The van der Waals surface area contributed by atoms with Crippen LogP contribution in [0.3, 0.4) is 0 Å². The van der Waals surface area contributed by atoms with Crippen molar-refractivity contribution in [3.05, 3.63) is 59.8 Å². The van der Waals surface area contributed by atoms with Gasteiger partial charge in [-0.1, -0.05) is 30.3 Å². The lowest BCUT2D eigenvalue weighted by Crippen LogP contribution is -2.27. The van der Waals surface area contributed by atoms with Crippen LogP contribution >= 0.6 is 0 Å². The molecule has 3 aromatic rings. The highest BCUT2D eigenvalue weighted by molar-refractivity contribution is 5.76. The number of hydrogen-bond acceptors (Lipinski definition) is 5. The van der Waals surface area contributed by atoms with E-state index >= 15 is 0 Å². The Hall–Kier alpha value is -2.66. The normalized spacial score (nSPS) is 12.4. The van der Waals surface area contributed by atoms with Crippen molar-refractivity contribution in [3.8, 4) is 5.75 Å². The molecule has 3 rings (SSSR count). The predicted molar refractivity (Wildman–Crippen MR) is 102 cm³/mol. The van der Waals surface area contributed by atoms with E-state index in [4.69, 9.17) is 9.72 Å². The largest absolute Gasteiger partial charge is 0.496 e. The molecule has 0 bridgehead atoms. The van der Waals surface area contributed by atoms with E-state index in [9.17, 15) is 0 Å². The molecule has 0 amide bonds. The first-order chi connectivity index (χ1) is 12.1. The highest BCUT2D eigenvalue weighted by atomic mass is 16.5. The molecule has 0 radical (unpaired) electrons. The summed E-state index contributed by atoms with van der Waals surface area (Å²) in [6.45, 7) is 2.69. The molecule has 1 N–H and O–H groups in total. The average Bonchev–Trinajstić information content (AvgIpc) is 2.62. The van der Waals surface area contributed by atoms with Crippen molar-refractivity contribution in [3.63, 3.8) is 0 Å². The molecule has 5 heteroatoms. The molecule has 0 saturated heterocycles. The molecule has 0 aliphatic carbocycles. The molecule has 1 aromatic heterocycles. The zero-order chi connectivity index (χ0) is 17.8. The van der Waals surface area contributed by atoms with Crippen molar-refractivity contribution in [1.29, 1.82) is 0 Å². The summed E-state index contributed by atoms with van der Waals surface area (Å²) < 4.78 is 5.53. The fraction of sp³-hybridized carbons (Fsp3) is 0.300. The Balaban J connectivity index is 1.86. The van der Waals surface area contributed by atoms with Gasteiger partial charge in [0, 0.05) is 12.1 Å². The number of likely N-dealkylation sites (N-methyl/N-ethyl adjacent to an activating group) is 1. The molecule has 130 valence electrons. The van der Waals surface area contributed by atoms with Crippen molar-refractivity contribution < 1.29 is 4.74 Å². The number of benzene rings is 2. The quantitative estimate of drug-likeness (QED) is 0.744. The lowest BCUT2D eigenvalue weighted by Gasteiger charge is -2.27. The summed E-state index contributed by atoms with van der Waals surface area (Å²) in [5, 5.41) is 3.47. The maximum atomic E-state index is 5.53. The fourth-order valence-corrected chi connectivity index (χ4v) is 2.96. The molecule has 0 saturated carbocycles. The van der Waals surface area contributed by atoms with Gasteiger partial charge in [-0.25, -0.2) is 9.97 Å². The Kier molecular flexibility index (Phi) is 5.14. The number of aryl methyl sites for hydroxylation is 1. The fourth-order valence-electron chi connectivity index (χ4n) is 2.96. The molecule has 25 heavy (non-hydrogen) atoms. The van der Waals surface area contributed by atoms with Crippen molar-refractivity contribution >= 4 is 16.9 Å². The van der Waals surface area contributed by atoms with Gasteiger partial charge in [-0.2, -0.15) is 0 Å². The van der Waals surface area contributed by atoms with Crippen LogP contribution in [-0.4, -0.2) is 42.6 Å². The number of fused-ring (bicyclic) bond motifs is 1. The van der Waals surface area contributed by atoms with Gasteiger partial charge in [0.25, 0.3) is 0 Å². The first-order valence-electron chi connectivity index (χ1n) is 8.36.